The Morgan fingerprint density at radius 1 is 1.25 bits per heavy atom. The third-order valence-corrected chi connectivity index (χ3v) is 6.92. The van der Waals surface area contributed by atoms with E-state index in [9.17, 15) is 17.6 Å². The fourth-order valence-electron chi connectivity index (χ4n) is 3.51. The van der Waals surface area contributed by atoms with Crippen LogP contribution in [0.2, 0.25) is 0 Å². The molecule has 0 aliphatic carbocycles. The van der Waals surface area contributed by atoms with E-state index in [0.29, 0.717) is 6.54 Å². The first-order valence-electron chi connectivity index (χ1n) is 7.96. The number of rotatable bonds is 3. The van der Waals surface area contributed by atoms with Crippen molar-refractivity contribution in [3.63, 3.8) is 0 Å². The van der Waals surface area contributed by atoms with E-state index in [1.165, 1.54) is 22.5 Å². The standard InChI is InChI=1S/C16H22FN3O3S/c1-11-16(21)19-9-13(18(2)3)8-14(19)10-20(11)24(22,23)15-6-4-5-12(17)7-15/h4-7,11,13-14H,8-10H2,1-3H3/t11-,13-,14-/m0/s1. The summed E-state index contributed by atoms with van der Waals surface area (Å²) < 4.78 is 40.4. The number of carbonyl (C=O) groups is 1. The number of piperazine rings is 1. The number of carbonyl (C=O) groups excluding carboxylic acids is 1. The van der Waals surface area contributed by atoms with E-state index in [4.69, 9.17) is 0 Å². The number of nitrogens with zero attached hydrogens (tertiary/aromatic N) is 3. The minimum Gasteiger partial charge on any atom is -0.335 e. The zero-order chi connectivity index (χ0) is 17.6. The van der Waals surface area contributed by atoms with Crippen molar-refractivity contribution in [1.82, 2.24) is 14.1 Å². The Kier molecular flexibility index (Phi) is 4.39. The zero-order valence-electron chi connectivity index (χ0n) is 14.0. The summed E-state index contributed by atoms with van der Waals surface area (Å²) in [7, 11) is 0.00245. The lowest BCUT2D eigenvalue weighted by atomic mass is 10.1. The van der Waals surface area contributed by atoms with Crippen molar-refractivity contribution >= 4 is 15.9 Å². The van der Waals surface area contributed by atoms with Crippen molar-refractivity contribution in [2.24, 2.45) is 0 Å². The van der Waals surface area contributed by atoms with Crippen molar-refractivity contribution in [2.45, 2.75) is 36.4 Å². The number of fused-ring (bicyclic) bond motifs is 1. The largest absolute Gasteiger partial charge is 0.335 e. The quantitative estimate of drug-likeness (QED) is 0.803. The Morgan fingerprint density at radius 3 is 2.58 bits per heavy atom. The first-order chi connectivity index (χ1) is 11.2. The minimum absolute atomic E-state index is 0.113. The minimum atomic E-state index is -3.91. The van der Waals surface area contributed by atoms with Gasteiger partial charge in [0.2, 0.25) is 15.9 Å². The number of likely N-dealkylation sites (N-methyl/N-ethyl adjacent to an activating group) is 1. The monoisotopic (exact) mass is 355 g/mol. The van der Waals surface area contributed by atoms with Gasteiger partial charge in [-0.25, -0.2) is 12.8 Å². The number of halogens is 1. The van der Waals surface area contributed by atoms with E-state index in [2.05, 4.69) is 4.90 Å². The van der Waals surface area contributed by atoms with E-state index in [1.54, 1.807) is 11.8 Å². The van der Waals surface area contributed by atoms with Gasteiger partial charge in [-0.3, -0.25) is 4.79 Å². The molecule has 1 aromatic rings. The summed E-state index contributed by atoms with van der Waals surface area (Å²) in [5.74, 6) is -0.794. The lowest BCUT2D eigenvalue weighted by Gasteiger charge is -2.40. The first-order valence-corrected chi connectivity index (χ1v) is 9.40. The molecule has 2 fully saturated rings. The molecule has 1 aromatic carbocycles. The predicted molar refractivity (Wildman–Crippen MR) is 87.3 cm³/mol. The topological polar surface area (TPSA) is 60.9 Å². The molecular weight excluding hydrogens is 333 g/mol. The maximum absolute atomic E-state index is 13.4. The van der Waals surface area contributed by atoms with Crippen LogP contribution in [-0.4, -0.2) is 73.7 Å². The molecule has 0 aromatic heterocycles. The molecule has 8 heteroatoms. The number of sulfonamides is 1. The fourth-order valence-corrected chi connectivity index (χ4v) is 5.16. The van der Waals surface area contributed by atoms with Gasteiger partial charge >= 0.3 is 0 Å². The van der Waals surface area contributed by atoms with Crippen LogP contribution in [0.5, 0.6) is 0 Å². The van der Waals surface area contributed by atoms with Crippen LogP contribution in [-0.2, 0) is 14.8 Å². The Labute approximate surface area is 141 Å². The van der Waals surface area contributed by atoms with Crippen LogP contribution in [0, 0.1) is 5.82 Å². The van der Waals surface area contributed by atoms with E-state index in [1.807, 2.05) is 14.1 Å². The molecule has 3 rings (SSSR count). The molecule has 0 saturated carbocycles. The molecule has 2 heterocycles. The second-order valence-corrected chi connectivity index (χ2v) is 8.60. The van der Waals surface area contributed by atoms with Crippen molar-refractivity contribution in [2.75, 3.05) is 27.2 Å². The lowest BCUT2D eigenvalue weighted by Crippen LogP contribution is -2.60. The van der Waals surface area contributed by atoms with Gasteiger partial charge in [-0.1, -0.05) is 6.07 Å². The summed E-state index contributed by atoms with van der Waals surface area (Å²) in [6.07, 6.45) is 0.737. The smallest absolute Gasteiger partial charge is 0.243 e. The molecule has 0 N–H and O–H groups in total. The Balaban J connectivity index is 1.91. The molecule has 6 nitrogen and oxygen atoms in total. The normalized spacial score (nSPS) is 28.5. The highest BCUT2D eigenvalue weighted by molar-refractivity contribution is 7.89. The summed E-state index contributed by atoms with van der Waals surface area (Å²) in [4.78, 5) is 16.4. The van der Waals surface area contributed by atoms with Gasteiger partial charge in [0.05, 0.1) is 4.90 Å². The molecule has 1 amide bonds. The molecule has 2 aliphatic rings. The molecule has 132 valence electrons. The highest BCUT2D eigenvalue weighted by Gasteiger charge is 2.48. The molecule has 0 bridgehead atoms. The average Bonchev–Trinajstić information content (AvgIpc) is 2.95. The number of hydrogen-bond donors (Lipinski definition) is 0. The maximum Gasteiger partial charge on any atom is 0.243 e. The molecule has 0 spiro atoms. The SMILES string of the molecule is C[C@H]1C(=O)N2C[C@@H](N(C)C)C[C@H]2CN1S(=O)(=O)c1cccc(F)c1. The second kappa shape index (κ2) is 6.09. The third kappa shape index (κ3) is 2.82. The van der Waals surface area contributed by atoms with E-state index in [0.717, 1.165) is 12.5 Å². The van der Waals surface area contributed by atoms with Gasteiger partial charge in [-0.2, -0.15) is 4.31 Å². The van der Waals surface area contributed by atoms with Gasteiger partial charge in [0.25, 0.3) is 0 Å². The van der Waals surface area contributed by atoms with E-state index in [-0.39, 0.29) is 29.4 Å². The summed E-state index contributed by atoms with van der Waals surface area (Å²) in [6, 6.07) is 4.23. The molecular formula is C16H22FN3O3S. The van der Waals surface area contributed by atoms with Gasteiger partial charge < -0.3 is 9.80 Å². The van der Waals surface area contributed by atoms with Gasteiger partial charge in [0.1, 0.15) is 11.9 Å². The van der Waals surface area contributed by atoms with Crippen molar-refractivity contribution in [3.05, 3.63) is 30.1 Å². The van der Waals surface area contributed by atoms with E-state index >= 15 is 0 Å². The molecule has 0 radical (unpaired) electrons. The fraction of sp³-hybridized carbons (Fsp3) is 0.562. The first kappa shape index (κ1) is 17.3. The Bertz CT molecular complexity index is 753. The number of hydrogen-bond acceptors (Lipinski definition) is 4. The number of benzene rings is 1. The van der Waals surface area contributed by atoms with Gasteiger partial charge in [0, 0.05) is 25.2 Å². The molecule has 0 unspecified atom stereocenters. The van der Waals surface area contributed by atoms with Crippen molar-refractivity contribution < 1.29 is 17.6 Å². The molecule has 2 aliphatic heterocycles. The maximum atomic E-state index is 13.4. The highest BCUT2D eigenvalue weighted by Crippen LogP contribution is 2.31. The van der Waals surface area contributed by atoms with Crippen LogP contribution in [0.3, 0.4) is 0 Å². The summed E-state index contributed by atoms with van der Waals surface area (Å²) >= 11 is 0. The summed E-state index contributed by atoms with van der Waals surface area (Å²) in [6.45, 7) is 2.46. The van der Waals surface area contributed by atoms with Gasteiger partial charge in [-0.15, -0.1) is 0 Å². The number of amides is 1. The summed E-state index contributed by atoms with van der Waals surface area (Å²) in [5.41, 5.74) is 0. The Morgan fingerprint density at radius 2 is 1.96 bits per heavy atom. The summed E-state index contributed by atoms with van der Waals surface area (Å²) in [5, 5.41) is 0. The molecule has 2 saturated heterocycles. The second-order valence-electron chi connectivity index (χ2n) is 6.71. The van der Waals surface area contributed by atoms with Crippen molar-refractivity contribution in [3.8, 4) is 0 Å². The van der Waals surface area contributed by atoms with Crippen LogP contribution in [0.25, 0.3) is 0 Å². The lowest BCUT2D eigenvalue weighted by molar-refractivity contribution is -0.139. The van der Waals surface area contributed by atoms with Gasteiger partial charge in [-0.05, 0) is 45.6 Å². The van der Waals surface area contributed by atoms with Crippen LogP contribution >= 0.6 is 0 Å². The Hall–Kier alpha value is -1.51. The molecule has 3 atom stereocenters. The predicted octanol–water partition coefficient (Wildman–Crippen LogP) is 0.750. The van der Waals surface area contributed by atoms with Crippen molar-refractivity contribution in [1.29, 1.82) is 0 Å². The van der Waals surface area contributed by atoms with Crippen LogP contribution in [0.15, 0.2) is 29.2 Å². The van der Waals surface area contributed by atoms with Gasteiger partial charge in [0.15, 0.2) is 0 Å². The average molecular weight is 355 g/mol. The van der Waals surface area contributed by atoms with E-state index < -0.39 is 21.9 Å². The zero-order valence-corrected chi connectivity index (χ0v) is 14.8. The highest BCUT2D eigenvalue weighted by atomic mass is 32.2. The molecule has 24 heavy (non-hydrogen) atoms. The van der Waals surface area contributed by atoms with Crippen LogP contribution in [0.4, 0.5) is 4.39 Å². The third-order valence-electron chi connectivity index (χ3n) is 4.99. The van der Waals surface area contributed by atoms with Crippen LogP contribution < -0.4 is 0 Å². The van der Waals surface area contributed by atoms with Crippen LogP contribution in [0.1, 0.15) is 13.3 Å².